The van der Waals surface area contributed by atoms with Crippen LogP contribution in [0.1, 0.15) is 0 Å². The summed E-state index contributed by atoms with van der Waals surface area (Å²) in [7, 11) is 6.16. The maximum atomic E-state index is 8.57. The van der Waals surface area contributed by atoms with Crippen molar-refractivity contribution in [3.63, 3.8) is 0 Å². The SMILES string of the molecule is C[N+](C)(C)CCO.Oc1cccnc1. The number of likely N-dealkylation sites (N-methyl/N-ethyl adjacent to an activating group) is 1. The minimum Gasteiger partial charge on any atom is -0.506 e. The van der Waals surface area contributed by atoms with Crippen LogP contribution in [0.15, 0.2) is 24.5 Å². The van der Waals surface area contributed by atoms with Crippen molar-refractivity contribution < 1.29 is 14.7 Å². The van der Waals surface area contributed by atoms with Gasteiger partial charge in [0, 0.05) is 6.20 Å². The third-order valence-electron chi connectivity index (χ3n) is 1.42. The van der Waals surface area contributed by atoms with E-state index in [9.17, 15) is 0 Å². The number of rotatable bonds is 2. The molecule has 0 amide bonds. The molecule has 0 bridgehead atoms. The molecule has 4 heteroatoms. The highest BCUT2D eigenvalue weighted by Gasteiger charge is 2.02. The summed E-state index contributed by atoms with van der Waals surface area (Å²) in [6.07, 6.45) is 3.00. The average molecular weight is 199 g/mol. The van der Waals surface area contributed by atoms with Gasteiger partial charge in [-0.25, -0.2) is 0 Å². The first-order valence-corrected chi connectivity index (χ1v) is 4.46. The summed E-state index contributed by atoms with van der Waals surface area (Å²) in [5, 5.41) is 17.0. The van der Waals surface area contributed by atoms with E-state index in [1.54, 1.807) is 18.3 Å². The molecular formula is C10H19N2O2+. The smallest absolute Gasteiger partial charge is 0.133 e. The normalized spacial score (nSPS) is 10.3. The Labute approximate surface area is 85.0 Å². The molecule has 0 spiro atoms. The molecule has 14 heavy (non-hydrogen) atoms. The molecule has 0 aliphatic heterocycles. The van der Waals surface area contributed by atoms with E-state index >= 15 is 0 Å². The Hall–Kier alpha value is -1.13. The van der Waals surface area contributed by atoms with Crippen LogP contribution in [0.2, 0.25) is 0 Å². The molecule has 0 atom stereocenters. The Morgan fingerprint density at radius 2 is 2.00 bits per heavy atom. The minimum absolute atomic E-state index is 0.211. The lowest BCUT2D eigenvalue weighted by molar-refractivity contribution is -0.870. The number of pyridine rings is 1. The highest BCUT2D eigenvalue weighted by Crippen LogP contribution is 1.99. The first-order valence-electron chi connectivity index (χ1n) is 4.46. The molecule has 0 aliphatic rings. The summed E-state index contributed by atoms with van der Waals surface area (Å²) in [6, 6.07) is 3.25. The molecule has 1 heterocycles. The van der Waals surface area contributed by atoms with Gasteiger partial charge in [-0.1, -0.05) is 0 Å². The molecule has 1 aromatic heterocycles. The zero-order valence-electron chi connectivity index (χ0n) is 9.01. The molecule has 1 aromatic rings. The molecule has 0 fully saturated rings. The van der Waals surface area contributed by atoms with E-state index in [0.29, 0.717) is 0 Å². The number of nitrogens with zero attached hydrogens (tertiary/aromatic N) is 2. The zero-order chi connectivity index (χ0) is 11.0. The predicted molar refractivity (Wildman–Crippen MR) is 55.9 cm³/mol. The lowest BCUT2D eigenvalue weighted by atomic mass is 10.5. The van der Waals surface area contributed by atoms with E-state index < -0.39 is 0 Å². The van der Waals surface area contributed by atoms with Crippen LogP contribution in [0, 0.1) is 0 Å². The van der Waals surface area contributed by atoms with Gasteiger partial charge < -0.3 is 14.7 Å². The van der Waals surface area contributed by atoms with Gasteiger partial charge in [0.05, 0.1) is 33.9 Å². The summed E-state index contributed by atoms with van der Waals surface area (Å²) in [6.45, 7) is 1.11. The standard InChI is InChI=1S/C5H5NO.C5H14NO/c7-5-2-1-3-6-4-5;1-6(2,3)4-5-7/h1-4,7H;7H,4-5H2,1-3H3/q;+1. The molecule has 0 radical (unpaired) electrons. The lowest BCUT2D eigenvalue weighted by Gasteiger charge is -2.21. The van der Waals surface area contributed by atoms with Crippen molar-refractivity contribution in [3.8, 4) is 5.75 Å². The first kappa shape index (κ1) is 12.9. The molecule has 0 saturated heterocycles. The van der Waals surface area contributed by atoms with Crippen LogP contribution >= 0.6 is 0 Å². The Balaban J connectivity index is 0.000000241. The van der Waals surface area contributed by atoms with Crippen molar-refractivity contribution in [2.24, 2.45) is 0 Å². The number of quaternary nitrogens is 1. The second-order valence-electron chi connectivity index (χ2n) is 3.95. The van der Waals surface area contributed by atoms with E-state index in [-0.39, 0.29) is 12.4 Å². The van der Waals surface area contributed by atoms with Crippen LogP contribution < -0.4 is 0 Å². The molecule has 80 valence electrons. The number of aliphatic hydroxyl groups excluding tert-OH is 1. The molecule has 4 nitrogen and oxygen atoms in total. The van der Waals surface area contributed by atoms with Gasteiger partial charge >= 0.3 is 0 Å². The van der Waals surface area contributed by atoms with Crippen LogP contribution in [0.5, 0.6) is 5.75 Å². The van der Waals surface area contributed by atoms with Gasteiger partial charge in [0.1, 0.15) is 12.3 Å². The fourth-order valence-electron chi connectivity index (χ4n) is 0.654. The highest BCUT2D eigenvalue weighted by atomic mass is 16.3. The van der Waals surface area contributed by atoms with E-state index in [2.05, 4.69) is 26.1 Å². The van der Waals surface area contributed by atoms with Gasteiger partial charge in [-0.2, -0.15) is 0 Å². The van der Waals surface area contributed by atoms with Gasteiger partial charge in [-0.05, 0) is 12.1 Å². The first-order chi connectivity index (χ1) is 6.45. The van der Waals surface area contributed by atoms with Crippen molar-refractivity contribution in [2.45, 2.75) is 0 Å². The summed E-state index contributed by atoms with van der Waals surface area (Å²) in [4.78, 5) is 3.63. The third-order valence-corrected chi connectivity index (χ3v) is 1.42. The quantitative estimate of drug-likeness (QED) is 0.681. The van der Waals surface area contributed by atoms with Gasteiger partial charge in [0.15, 0.2) is 0 Å². The van der Waals surface area contributed by atoms with E-state index in [0.717, 1.165) is 11.0 Å². The second-order valence-corrected chi connectivity index (χ2v) is 3.95. The Bertz CT molecular complexity index is 232. The van der Waals surface area contributed by atoms with Gasteiger partial charge in [0.25, 0.3) is 0 Å². The Kier molecular flexibility index (Phi) is 5.83. The summed E-state index contributed by atoms with van der Waals surface area (Å²) >= 11 is 0. The van der Waals surface area contributed by atoms with Gasteiger partial charge in [-0.3, -0.25) is 4.98 Å². The molecule has 0 unspecified atom stereocenters. The van der Waals surface area contributed by atoms with Gasteiger partial charge in [0.2, 0.25) is 0 Å². The van der Waals surface area contributed by atoms with Crippen LogP contribution in [-0.4, -0.2) is 54.0 Å². The largest absolute Gasteiger partial charge is 0.506 e. The van der Waals surface area contributed by atoms with Crippen molar-refractivity contribution >= 4 is 0 Å². The zero-order valence-corrected chi connectivity index (χ0v) is 9.01. The lowest BCUT2D eigenvalue weighted by Crippen LogP contribution is -2.36. The summed E-state index contributed by atoms with van der Waals surface area (Å²) < 4.78 is 0.844. The fraction of sp³-hybridized carbons (Fsp3) is 0.500. The number of hydrogen-bond acceptors (Lipinski definition) is 3. The number of aliphatic hydroxyl groups is 1. The maximum absolute atomic E-state index is 8.57. The third kappa shape index (κ3) is 8.96. The fourth-order valence-corrected chi connectivity index (χ4v) is 0.654. The van der Waals surface area contributed by atoms with Crippen molar-refractivity contribution in [1.29, 1.82) is 0 Å². The number of aromatic hydroxyl groups is 1. The highest BCUT2D eigenvalue weighted by molar-refractivity contribution is 5.12. The summed E-state index contributed by atoms with van der Waals surface area (Å²) in [5.74, 6) is 0.211. The topological polar surface area (TPSA) is 53.4 Å². The molecule has 2 N–H and O–H groups in total. The number of aromatic nitrogens is 1. The van der Waals surface area contributed by atoms with Crippen LogP contribution in [0.25, 0.3) is 0 Å². The van der Waals surface area contributed by atoms with E-state index in [4.69, 9.17) is 10.2 Å². The van der Waals surface area contributed by atoms with Crippen molar-refractivity contribution in [3.05, 3.63) is 24.5 Å². The van der Waals surface area contributed by atoms with Crippen molar-refractivity contribution in [2.75, 3.05) is 34.3 Å². The van der Waals surface area contributed by atoms with E-state index in [1.807, 2.05) is 0 Å². The van der Waals surface area contributed by atoms with Crippen LogP contribution in [-0.2, 0) is 0 Å². The molecule has 0 saturated carbocycles. The summed E-state index contributed by atoms with van der Waals surface area (Å²) in [5.41, 5.74) is 0. The monoisotopic (exact) mass is 199 g/mol. The number of hydrogen-bond donors (Lipinski definition) is 2. The molecule has 1 rings (SSSR count). The Morgan fingerprint density at radius 3 is 2.14 bits per heavy atom. The van der Waals surface area contributed by atoms with Crippen LogP contribution in [0.4, 0.5) is 0 Å². The van der Waals surface area contributed by atoms with Gasteiger partial charge in [-0.15, -0.1) is 0 Å². The molecular weight excluding hydrogens is 180 g/mol. The minimum atomic E-state index is 0.211. The second kappa shape index (κ2) is 6.34. The van der Waals surface area contributed by atoms with Crippen LogP contribution in [0.3, 0.4) is 0 Å². The molecule has 0 aliphatic carbocycles. The van der Waals surface area contributed by atoms with E-state index in [1.165, 1.54) is 6.20 Å². The predicted octanol–water partition coefficient (Wildman–Crippen LogP) is 0.472. The molecule has 0 aromatic carbocycles. The Morgan fingerprint density at radius 1 is 1.36 bits per heavy atom. The maximum Gasteiger partial charge on any atom is 0.133 e. The van der Waals surface area contributed by atoms with Crippen molar-refractivity contribution in [1.82, 2.24) is 4.98 Å². The average Bonchev–Trinajstić information content (AvgIpc) is 2.04.